The Bertz CT molecular complexity index is 566. The second-order valence-electron chi connectivity index (χ2n) is 5.34. The Morgan fingerprint density at radius 2 is 1.89 bits per heavy atom. The first-order valence-electron chi connectivity index (χ1n) is 6.60. The predicted octanol–water partition coefficient (Wildman–Crippen LogP) is 1.73. The largest absolute Gasteiger partial charge is 0.328 e. The highest BCUT2D eigenvalue weighted by atomic mass is 15.3. The molecule has 0 aliphatic heterocycles. The summed E-state index contributed by atoms with van der Waals surface area (Å²) in [4.78, 5) is 4.43. The first kappa shape index (κ1) is 11.6. The van der Waals surface area contributed by atoms with Gasteiger partial charge in [-0.25, -0.2) is 4.98 Å². The highest BCUT2D eigenvalue weighted by Gasteiger charge is 2.24. The minimum atomic E-state index is 0.363. The molecule has 0 amide bonds. The van der Waals surface area contributed by atoms with E-state index in [4.69, 9.17) is 5.73 Å². The molecule has 0 unspecified atom stereocenters. The molecule has 3 rings (SSSR count). The first-order valence-corrected chi connectivity index (χ1v) is 6.60. The van der Waals surface area contributed by atoms with Crippen LogP contribution in [0.4, 0.5) is 0 Å². The van der Waals surface area contributed by atoms with E-state index in [0.29, 0.717) is 12.0 Å². The van der Waals surface area contributed by atoms with Gasteiger partial charge in [-0.2, -0.15) is 0 Å². The highest BCUT2D eigenvalue weighted by molar-refractivity contribution is 5.33. The minimum absolute atomic E-state index is 0.363. The molecule has 0 radical (unpaired) electrons. The molecule has 5 heteroatoms. The summed E-state index contributed by atoms with van der Waals surface area (Å²) in [5.74, 6) is 2.25. The van der Waals surface area contributed by atoms with Crippen molar-refractivity contribution in [2.45, 2.75) is 51.5 Å². The average Bonchev–Trinajstić information content (AvgIpc) is 2.74. The Morgan fingerprint density at radius 1 is 1.17 bits per heavy atom. The van der Waals surface area contributed by atoms with Crippen molar-refractivity contribution in [3.63, 3.8) is 0 Å². The van der Waals surface area contributed by atoms with Crippen LogP contribution in [0, 0.1) is 13.8 Å². The van der Waals surface area contributed by atoms with Crippen LogP contribution in [-0.4, -0.2) is 25.6 Å². The van der Waals surface area contributed by atoms with E-state index in [-0.39, 0.29) is 0 Å². The Morgan fingerprint density at radius 3 is 2.61 bits per heavy atom. The van der Waals surface area contributed by atoms with Crippen molar-refractivity contribution in [3.8, 4) is 0 Å². The average molecular weight is 245 g/mol. The molecule has 5 nitrogen and oxygen atoms in total. The molecule has 1 aliphatic carbocycles. The lowest BCUT2D eigenvalue weighted by Gasteiger charge is -2.24. The molecule has 18 heavy (non-hydrogen) atoms. The fraction of sp³-hybridized carbons (Fsp3) is 0.615. The molecule has 1 aliphatic rings. The van der Waals surface area contributed by atoms with Crippen LogP contribution in [0.25, 0.3) is 5.78 Å². The third-order valence-electron chi connectivity index (χ3n) is 3.85. The molecule has 0 aromatic carbocycles. The lowest BCUT2D eigenvalue weighted by molar-refractivity contribution is 0.382. The second kappa shape index (κ2) is 4.31. The molecule has 2 aromatic rings. The van der Waals surface area contributed by atoms with Gasteiger partial charge in [0.05, 0.1) is 0 Å². The molecule has 1 saturated carbocycles. The summed E-state index contributed by atoms with van der Waals surface area (Å²) in [6.07, 6.45) is 4.38. The topological polar surface area (TPSA) is 69.1 Å². The van der Waals surface area contributed by atoms with E-state index in [0.717, 1.165) is 48.7 Å². The SMILES string of the molecule is Cc1cc(C)n2c(C3CCC(N)CC3)nnc2n1. The zero-order chi connectivity index (χ0) is 12.7. The Labute approximate surface area is 106 Å². The van der Waals surface area contributed by atoms with Crippen LogP contribution < -0.4 is 5.73 Å². The van der Waals surface area contributed by atoms with Crippen molar-refractivity contribution in [3.05, 3.63) is 23.3 Å². The fourth-order valence-corrected chi connectivity index (χ4v) is 2.90. The number of aryl methyl sites for hydroxylation is 2. The second-order valence-corrected chi connectivity index (χ2v) is 5.34. The lowest BCUT2D eigenvalue weighted by atomic mass is 9.86. The van der Waals surface area contributed by atoms with E-state index in [9.17, 15) is 0 Å². The molecule has 96 valence electrons. The van der Waals surface area contributed by atoms with E-state index in [1.807, 2.05) is 6.92 Å². The molecule has 1 fully saturated rings. The van der Waals surface area contributed by atoms with Crippen molar-refractivity contribution >= 4 is 5.78 Å². The fourth-order valence-electron chi connectivity index (χ4n) is 2.90. The molecule has 0 saturated heterocycles. The summed E-state index contributed by atoms with van der Waals surface area (Å²) in [7, 11) is 0. The van der Waals surface area contributed by atoms with Gasteiger partial charge in [-0.3, -0.25) is 4.40 Å². The third-order valence-corrected chi connectivity index (χ3v) is 3.85. The van der Waals surface area contributed by atoms with Gasteiger partial charge in [0, 0.05) is 23.3 Å². The van der Waals surface area contributed by atoms with Crippen LogP contribution in [0.15, 0.2) is 6.07 Å². The van der Waals surface area contributed by atoms with Crippen molar-refractivity contribution in [2.24, 2.45) is 5.73 Å². The van der Waals surface area contributed by atoms with E-state index < -0.39 is 0 Å². The Hall–Kier alpha value is -1.49. The summed E-state index contributed by atoms with van der Waals surface area (Å²) < 4.78 is 2.09. The van der Waals surface area contributed by atoms with Crippen molar-refractivity contribution < 1.29 is 0 Å². The molecule has 2 aromatic heterocycles. The summed E-state index contributed by atoms with van der Waals surface area (Å²) in [6, 6.07) is 2.44. The smallest absolute Gasteiger partial charge is 0.255 e. The number of fused-ring (bicyclic) bond motifs is 1. The van der Waals surface area contributed by atoms with Crippen LogP contribution in [0.3, 0.4) is 0 Å². The van der Waals surface area contributed by atoms with Crippen LogP contribution >= 0.6 is 0 Å². The molecular formula is C13H19N5. The number of nitrogens with two attached hydrogens (primary N) is 1. The van der Waals surface area contributed by atoms with Crippen molar-refractivity contribution in [2.75, 3.05) is 0 Å². The van der Waals surface area contributed by atoms with E-state index in [1.165, 1.54) is 0 Å². The number of hydrogen-bond donors (Lipinski definition) is 1. The van der Waals surface area contributed by atoms with Gasteiger partial charge in [-0.1, -0.05) is 0 Å². The van der Waals surface area contributed by atoms with Crippen molar-refractivity contribution in [1.29, 1.82) is 0 Å². The molecule has 0 spiro atoms. The molecule has 0 atom stereocenters. The maximum absolute atomic E-state index is 5.96. The van der Waals surface area contributed by atoms with E-state index in [2.05, 4.69) is 32.6 Å². The van der Waals surface area contributed by atoms with E-state index >= 15 is 0 Å². The summed E-state index contributed by atoms with van der Waals surface area (Å²) in [5.41, 5.74) is 8.11. The highest BCUT2D eigenvalue weighted by Crippen LogP contribution is 2.31. The quantitative estimate of drug-likeness (QED) is 0.830. The molecule has 0 bridgehead atoms. The summed E-state index contributed by atoms with van der Waals surface area (Å²) in [5, 5.41) is 8.56. The normalized spacial score (nSPS) is 24.6. The molecular weight excluding hydrogens is 226 g/mol. The van der Waals surface area contributed by atoms with Gasteiger partial charge in [-0.05, 0) is 45.6 Å². The summed E-state index contributed by atoms with van der Waals surface area (Å²) in [6.45, 7) is 4.07. The number of rotatable bonds is 1. The van der Waals surface area contributed by atoms with E-state index in [1.54, 1.807) is 0 Å². The summed E-state index contributed by atoms with van der Waals surface area (Å²) >= 11 is 0. The van der Waals surface area contributed by atoms with Gasteiger partial charge in [0.15, 0.2) is 0 Å². The van der Waals surface area contributed by atoms with Gasteiger partial charge in [0.1, 0.15) is 5.82 Å². The first-order chi connectivity index (χ1) is 8.65. The standard InChI is InChI=1S/C13H19N5/c1-8-7-9(2)18-12(16-17-13(18)15-8)10-3-5-11(14)6-4-10/h7,10-11H,3-6,14H2,1-2H3. The van der Waals surface area contributed by atoms with Gasteiger partial charge in [0.2, 0.25) is 0 Å². The third kappa shape index (κ3) is 1.88. The lowest BCUT2D eigenvalue weighted by Crippen LogP contribution is -2.26. The van der Waals surface area contributed by atoms with Gasteiger partial charge < -0.3 is 5.73 Å². The maximum atomic E-state index is 5.96. The van der Waals surface area contributed by atoms with Gasteiger partial charge in [0.25, 0.3) is 5.78 Å². The van der Waals surface area contributed by atoms with Crippen LogP contribution in [0.5, 0.6) is 0 Å². The monoisotopic (exact) mass is 245 g/mol. The number of nitrogens with zero attached hydrogens (tertiary/aromatic N) is 4. The number of hydrogen-bond acceptors (Lipinski definition) is 4. The predicted molar refractivity (Wildman–Crippen MR) is 69.4 cm³/mol. The molecule has 2 heterocycles. The van der Waals surface area contributed by atoms with Gasteiger partial charge in [-0.15, -0.1) is 10.2 Å². The van der Waals surface area contributed by atoms with Gasteiger partial charge >= 0.3 is 0 Å². The zero-order valence-corrected chi connectivity index (χ0v) is 10.9. The zero-order valence-electron chi connectivity index (χ0n) is 10.9. The minimum Gasteiger partial charge on any atom is -0.328 e. The van der Waals surface area contributed by atoms with Crippen molar-refractivity contribution in [1.82, 2.24) is 19.6 Å². The number of aromatic nitrogens is 4. The Kier molecular flexibility index (Phi) is 2.78. The van der Waals surface area contributed by atoms with Crippen LogP contribution in [0.2, 0.25) is 0 Å². The maximum Gasteiger partial charge on any atom is 0.255 e. The van der Waals surface area contributed by atoms with Crippen LogP contribution in [-0.2, 0) is 0 Å². The van der Waals surface area contributed by atoms with Crippen LogP contribution in [0.1, 0.15) is 48.8 Å². The molecule has 2 N–H and O–H groups in total. The Balaban J connectivity index is 2.02.